The van der Waals surface area contributed by atoms with Crippen LogP contribution in [0.25, 0.3) is 10.2 Å². The van der Waals surface area contributed by atoms with Crippen molar-refractivity contribution in [3.63, 3.8) is 0 Å². The Labute approximate surface area is 183 Å². The largest absolute Gasteiger partial charge is 0.361 e. The summed E-state index contributed by atoms with van der Waals surface area (Å²) in [5, 5.41) is 9.91. The smallest absolute Gasteiger partial charge is 0.254 e. The van der Waals surface area contributed by atoms with Crippen molar-refractivity contribution in [2.45, 2.75) is 25.2 Å². The van der Waals surface area contributed by atoms with E-state index in [4.69, 9.17) is 0 Å². The lowest BCUT2D eigenvalue weighted by atomic mass is 10.2. The minimum absolute atomic E-state index is 0.0520. The minimum Gasteiger partial charge on any atom is -0.361 e. The number of amides is 1. The molecule has 0 spiro atoms. The number of carbonyl (C=O) groups is 1. The van der Waals surface area contributed by atoms with Crippen LogP contribution in [0.1, 0.15) is 30.6 Å². The fourth-order valence-corrected chi connectivity index (χ4v) is 3.85. The third-order valence-corrected chi connectivity index (χ3v) is 5.99. The lowest BCUT2D eigenvalue weighted by molar-refractivity contribution is 0.0950. The first kappa shape index (κ1) is 22.2. The molecule has 0 aliphatic heterocycles. The predicted molar refractivity (Wildman–Crippen MR) is 122 cm³/mol. The number of rotatable bonds is 10. The number of fused-ring (bicyclic) bond motifs is 1. The number of nitrogens with zero attached hydrogens (tertiary/aromatic N) is 3. The van der Waals surface area contributed by atoms with E-state index in [0.717, 1.165) is 16.0 Å². The maximum absolute atomic E-state index is 14.3. The van der Waals surface area contributed by atoms with E-state index in [9.17, 15) is 9.18 Å². The molecule has 0 bridgehead atoms. The zero-order chi connectivity index (χ0) is 21.5. The zero-order valence-corrected chi connectivity index (χ0v) is 18.8. The van der Waals surface area contributed by atoms with Gasteiger partial charge in [0.25, 0.3) is 5.91 Å². The molecule has 0 radical (unpaired) electrons. The van der Waals surface area contributed by atoms with E-state index in [0.29, 0.717) is 36.2 Å². The van der Waals surface area contributed by atoms with E-state index >= 15 is 0 Å². The molecule has 3 aromatic rings. The number of thiazole rings is 1. The van der Waals surface area contributed by atoms with Gasteiger partial charge in [0, 0.05) is 43.0 Å². The lowest BCUT2D eigenvalue weighted by Crippen LogP contribution is -2.24. The molecule has 1 aromatic carbocycles. The van der Waals surface area contributed by atoms with Crippen LogP contribution >= 0.6 is 23.1 Å². The lowest BCUT2D eigenvalue weighted by Gasteiger charge is -2.13. The van der Waals surface area contributed by atoms with Crippen LogP contribution in [0.2, 0.25) is 0 Å². The molecular formula is C20H25FN6OS2. The molecule has 1 amide bonds. The standard InChI is InChI=1S/C20H25FN6OS2/c1-4-5-22-18(28)14-6-17-16(7-15(14)21)27-20(30-17)26-9-12(2)8-23-19-24-10-13(29-3)11-25-19/h6-7,10-12H,4-5,8-9H2,1-3H3,(H,22,28)(H,26,27)(H,23,24,25)/t12-/m0/s1. The van der Waals surface area contributed by atoms with E-state index < -0.39 is 11.7 Å². The molecule has 0 fully saturated rings. The van der Waals surface area contributed by atoms with Crippen molar-refractivity contribution < 1.29 is 9.18 Å². The summed E-state index contributed by atoms with van der Waals surface area (Å²) < 4.78 is 15.1. The van der Waals surface area contributed by atoms with Gasteiger partial charge in [0.1, 0.15) is 5.82 Å². The molecule has 2 aromatic heterocycles. The minimum atomic E-state index is -0.557. The molecule has 30 heavy (non-hydrogen) atoms. The summed E-state index contributed by atoms with van der Waals surface area (Å²) in [4.78, 5) is 26.1. The van der Waals surface area contributed by atoms with Gasteiger partial charge < -0.3 is 16.0 Å². The summed E-state index contributed by atoms with van der Waals surface area (Å²) in [5.74, 6) is -0.0680. The molecule has 0 saturated heterocycles. The molecule has 10 heteroatoms. The zero-order valence-electron chi connectivity index (χ0n) is 17.2. The van der Waals surface area contributed by atoms with Gasteiger partial charge in [-0.15, -0.1) is 11.8 Å². The van der Waals surface area contributed by atoms with Crippen molar-refractivity contribution in [1.82, 2.24) is 20.3 Å². The van der Waals surface area contributed by atoms with Gasteiger partial charge in [-0.25, -0.2) is 19.3 Å². The summed E-state index contributed by atoms with van der Waals surface area (Å²) >= 11 is 3.01. The highest BCUT2D eigenvalue weighted by Gasteiger charge is 2.15. The number of hydrogen-bond donors (Lipinski definition) is 3. The average molecular weight is 449 g/mol. The number of thioether (sulfide) groups is 1. The van der Waals surface area contributed by atoms with Crippen LogP contribution in [0.5, 0.6) is 0 Å². The van der Waals surface area contributed by atoms with E-state index in [1.165, 1.54) is 17.4 Å². The highest BCUT2D eigenvalue weighted by molar-refractivity contribution is 7.98. The van der Waals surface area contributed by atoms with Crippen LogP contribution in [0.4, 0.5) is 15.5 Å². The summed E-state index contributed by atoms with van der Waals surface area (Å²) in [6.07, 6.45) is 6.37. The van der Waals surface area contributed by atoms with Crippen LogP contribution in [0, 0.1) is 11.7 Å². The molecule has 7 nitrogen and oxygen atoms in total. The fraction of sp³-hybridized carbons (Fsp3) is 0.400. The number of anilines is 2. The van der Waals surface area contributed by atoms with Gasteiger partial charge in [0.05, 0.1) is 15.8 Å². The van der Waals surface area contributed by atoms with Crippen molar-refractivity contribution >= 4 is 50.3 Å². The van der Waals surface area contributed by atoms with E-state index in [1.54, 1.807) is 30.2 Å². The first-order valence-corrected chi connectivity index (χ1v) is 11.8. The second kappa shape index (κ2) is 10.5. The molecular weight excluding hydrogens is 423 g/mol. The Bertz CT molecular complexity index is 995. The SMILES string of the molecule is CCCNC(=O)c1cc2sc(NC[C@@H](C)CNc3ncc(SC)cn3)nc2cc1F. The number of nitrogens with one attached hydrogen (secondary N) is 3. The fourth-order valence-electron chi connectivity index (χ4n) is 2.64. The van der Waals surface area contributed by atoms with Gasteiger partial charge in [0.2, 0.25) is 5.95 Å². The Balaban J connectivity index is 1.56. The second-order valence-corrected chi connectivity index (χ2v) is 8.80. The van der Waals surface area contributed by atoms with Crippen LogP contribution < -0.4 is 16.0 Å². The summed E-state index contributed by atoms with van der Waals surface area (Å²) in [7, 11) is 0. The van der Waals surface area contributed by atoms with Gasteiger partial charge in [-0.3, -0.25) is 4.79 Å². The number of benzene rings is 1. The van der Waals surface area contributed by atoms with E-state index in [-0.39, 0.29) is 11.5 Å². The van der Waals surface area contributed by atoms with Crippen molar-refractivity contribution in [3.05, 3.63) is 35.9 Å². The summed E-state index contributed by atoms with van der Waals surface area (Å²) in [5.41, 5.74) is 0.594. The molecule has 0 aliphatic carbocycles. The Hall–Kier alpha value is -2.46. The summed E-state index contributed by atoms with van der Waals surface area (Å²) in [6, 6.07) is 2.89. The molecule has 2 heterocycles. The molecule has 1 atom stereocenters. The number of carbonyl (C=O) groups excluding carboxylic acids is 1. The van der Waals surface area contributed by atoms with Crippen molar-refractivity contribution in [1.29, 1.82) is 0 Å². The quantitative estimate of drug-likeness (QED) is 0.399. The van der Waals surface area contributed by atoms with Crippen LogP contribution in [-0.2, 0) is 0 Å². The first-order valence-electron chi connectivity index (χ1n) is 9.72. The number of aromatic nitrogens is 3. The van der Waals surface area contributed by atoms with Crippen molar-refractivity contribution in [2.24, 2.45) is 5.92 Å². The maximum atomic E-state index is 14.3. The molecule has 0 saturated carbocycles. The van der Waals surface area contributed by atoms with Gasteiger partial charge in [-0.1, -0.05) is 25.2 Å². The van der Waals surface area contributed by atoms with Crippen LogP contribution in [-0.4, -0.2) is 46.7 Å². The summed E-state index contributed by atoms with van der Waals surface area (Å²) in [6.45, 7) is 5.95. The molecule has 3 rings (SSSR count). The Kier molecular flexibility index (Phi) is 7.81. The third-order valence-electron chi connectivity index (χ3n) is 4.33. The van der Waals surface area contributed by atoms with Gasteiger partial charge in [0.15, 0.2) is 5.13 Å². The van der Waals surface area contributed by atoms with E-state index in [2.05, 4.69) is 37.8 Å². The van der Waals surface area contributed by atoms with Crippen LogP contribution in [0.15, 0.2) is 29.4 Å². The van der Waals surface area contributed by atoms with E-state index in [1.807, 2.05) is 13.2 Å². The number of hydrogen-bond acceptors (Lipinski definition) is 8. The van der Waals surface area contributed by atoms with Gasteiger partial charge in [-0.05, 0) is 24.7 Å². The highest BCUT2D eigenvalue weighted by atomic mass is 32.2. The maximum Gasteiger partial charge on any atom is 0.254 e. The number of halogens is 1. The monoisotopic (exact) mass is 448 g/mol. The van der Waals surface area contributed by atoms with Crippen LogP contribution in [0.3, 0.4) is 0 Å². The van der Waals surface area contributed by atoms with Crippen molar-refractivity contribution in [3.8, 4) is 0 Å². The van der Waals surface area contributed by atoms with Crippen molar-refractivity contribution in [2.75, 3.05) is 36.5 Å². The Morgan fingerprint density at radius 1 is 1.23 bits per heavy atom. The Morgan fingerprint density at radius 2 is 1.97 bits per heavy atom. The molecule has 0 aliphatic rings. The average Bonchev–Trinajstić information content (AvgIpc) is 3.15. The van der Waals surface area contributed by atoms with Gasteiger partial charge >= 0.3 is 0 Å². The first-order chi connectivity index (χ1) is 14.5. The molecule has 0 unspecified atom stereocenters. The topological polar surface area (TPSA) is 91.8 Å². The molecule has 3 N–H and O–H groups in total. The highest BCUT2D eigenvalue weighted by Crippen LogP contribution is 2.28. The molecule has 160 valence electrons. The predicted octanol–water partition coefficient (Wildman–Crippen LogP) is 4.25. The normalized spacial score (nSPS) is 12.0. The Morgan fingerprint density at radius 3 is 2.67 bits per heavy atom. The van der Waals surface area contributed by atoms with Gasteiger partial charge in [-0.2, -0.15) is 0 Å². The third kappa shape index (κ3) is 5.79. The second-order valence-electron chi connectivity index (χ2n) is 6.89.